The predicted molar refractivity (Wildman–Crippen MR) is 127 cm³/mol. The Hall–Kier alpha value is -4.12. The molecule has 0 spiro atoms. The number of phenolic OH excluding ortho intramolecular Hbond substituents is 3. The zero-order valence-corrected chi connectivity index (χ0v) is 18.2. The third kappa shape index (κ3) is 4.32. The molecule has 0 aliphatic heterocycles. The molecule has 0 atom stereocenters. The number of benzene rings is 4. The van der Waals surface area contributed by atoms with Crippen LogP contribution in [0.3, 0.4) is 0 Å². The maximum absolute atomic E-state index is 10.4. The van der Waals surface area contributed by atoms with Gasteiger partial charge in [-0.1, -0.05) is 24.3 Å². The van der Waals surface area contributed by atoms with Crippen molar-refractivity contribution in [1.82, 2.24) is 0 Å². The second kappa shape index (κ2) is 8.55. The van der Waals surface area contributed by atoms with Crippen LogP contribution in [-0.4, -0.2) is 15.3 Å². The average molecular weight is 428 g/mol. The number of aryl methyl sites for hydroxylation is 3. The van der Waals surface area contributed by atoms with Crippen molar-refractivity contribution in [2.75, 3.05) is 4.90 Å². The predicted octanol–water partition coefficient (Wildman–Crippen LogP) is 6.99. The van der Waals surface area contributed by atoms with Crippen LogP contribution in [0.25, 0.3) is 0 Å². The molecular weight excluding hydrogens is 402 g/mol. The first-order valence-corrected chi connectivity index (χ1v) is 10.3. The molecule has 0 unspecified atom stereocenters. The van der Waals surface area contributed by atoms with Crippen LogP contribution >= 0.6 is 0 Å². The van der Waals surface area contributed by atoms with Crippen LogP contribution in [-0.2, 0) is 0 Å². The first-order chi connectivity index (χ1) is 15.3. The second-order valence-electron chi connectivity index (χ2n) is 7.88. The van der Waals surface area contributed by atoms with Crippen molar-refractivity contribution in [3.8, 4) is 28.7 Å². The van der Waals surface area contributed by atoms with Gasteiger partial charge < -0.3 is 25.0 Å². The minimum Gasteiger partial charge on any atom is -0.508 e. The van der Waals surface area contributed by atoms with Crippen LogP contribution in [0.15, 0.2) is 78.9 Å². The van der Waals surface area contributed by atoms with Crippen molar-refractivity contribution < 1.29 is 20.1 Å². The Labute approximate surface area is 187 Å². The van der Waals surface area contributed by atoms with Gasteiger partial charge in [0.2, 0.25) is 0 Å². The van der Waals surface area contributed by atoms with Crippen LogP contribution in [0.1, 0.15) is 16.7 Å². The van der Waals surface area contributed by atoms with E-state index in [0.717, 1.165) is 16.7 Å². The van der Waals surface area contributed by atoms with E-state index in [2.05, 4.69) is 0 Å². The first kappa shape index (κ1) is 21.1. The third-order valence-corrected chi connectivity index (χ3v) is 5.12. The van der Waals surface area contributed by atoms with E-state index < -0.39 is 0 Å². The quantitative estimate of drug-likeness (QED) is 0.320. The fourth-order valence-electron chi connectivity index (χ4n) is 3.78. The van der Waals surface area contributed by atoms with E-state index in [9.17, 15) is 15.3 Å². The van der Waals surface area contributed by atoms with Crippen molar-refractivity contribution in [3.05, 3.63) is 95.6 Å². The second-order valence-corrected chi connectivity index (χ2v) is 7.88. The summed E-state index contributed by atoms with van der Waals surface area (Å²) in [6.07, 6.45) is 0. The van der Waals surface area contributed by atoms with E-state index in [1.54, 1.807) is 36.4 Å². The van der Waals surface area contributed by atoms with Crippen LogP contribution in [0.5, 0.6) is 28.7 Å². The molecule has 0 radical (unpaired) electrons. The largest absolute Gasteiger partial charge is 0.508 e. The number of rotatable bonds is 5. The topological polar surface area (TPSA) is 73.2 Å². The zero-order chi connectivity index (χ0) is 22.8. The molecule has 0 aliphatic carbocycles. The van der Waals surface area contributed by atoms with E-state index in [0.29, 0.717) is 28.6 Å². The summed E-state index contributed by atoms with van der Waals surface area (Å²) >= 11 is 0. The van der Waals surface area contributed by atoms with E-state index in [1.165, 1.54) is 0 Å². The van der Waals surface area contributed by atoms with E-state index in [-0.39, 0.29) is 17.2 Å². The smallest absolute Gasteiger partial charge is 0.172 e. The van der Waals surface area contributed by atoms with Gasteiger partial charge in [-0.3, -0.25) is 0 Å². The number of anilines is 3. The Kier molecular flexibility index (Phi) is 5.65. The summed E-state index contributed by atoms with van der Waals surface area (Å²) in [4.78, 5) is 1.91. The monoisotopic (exact) mass is 427 g/mol. The minimum atomic E-state index is 0.0488. The lowest BCUT2D eigenvalue weighted by atomic mass is 10.1. The van der Waals surface area contributed by atoms with Gasteiger partial charge in [0.15, 0.2) is 17.2 Å². The summed E-state index contributed by atoms with van der Waals surface area (Å²) in [6.45, 7) is 5.68. The molecule has 5 nitrogen and oxygen atoms in total. The van der Waals surface area contributed by atoms with Crippen molar-refractivity contribution >= 4 is 17.1 Å². The highest BCUT2D eigenvalue weighted by molar-refractivity contribution is 5.82. The molecule has 0 heterocycles. The molecule has 4 rings (SSSR count). The van der Waals surface area contributed by atoms with E-state index in [4.69, 9.17) is 4.74 Å². The highest BCUT2D eigenvalue weighted by Gasteiger charge is 2.20. The van der Waals surface area contributed by atoms with Gasteiger partial charge in [-0.05, 0) is 79.9 Å². The van der Waals surface area contributed by atoms with Gasteiger partial charge >= 0.3 is 0 Å². The molecule has 0 bridgehead atoms. The van der Waals surface area contributed by atoms with Crippen LogP contribution in [0.4, 0.5) is 17.1 Å². The van der Waals surface area contributed by atoms with Gasteiger partial charge in [0.05, 0.1) is 17.1 Å². The number of nitrogens with zero attached hydrogens (tertiary/aromatic N) is 1. The van der Waals surface area contributed by atoms with E-state index >= 15 is 0 Å². The van der Waals surface area contributed by atoms with Crippen molar-refractivity contribution in [2.24, 2.45) is 0 Å². The summed E-state index contributed by atoms with van der Waals surface area (Å²) in [5, 5.41) is 30.9. The molecule has 4 aromatic rings. The number of ether oxygens (including phenoxy) is 1. The summed E-state index contributed by atoms with van der Waals surface area (Å²) < 4.78 is 6.20. The SMILES string of the molecule is Cc1cc(O)cc(N(c2cc(C)cc(O)c2)c2ccccc2Oc2c(C)cccc2O)c1. The lowest BCUT2D eigenvalue weighted by Gasteiger charge is -2.28. The molecule has 0 fully saturated rings. The number of phenols is 3. The van der Waals surface area contributed by atoms with Gasteiger partial charge in [0.1, 0.15) is 11.5 Å². The number of aromatic hydroxyl groups is 3. The molecule has 0 saturated carbocycles. The molecule has 0 aromatic heterocycles. The highest BCUT2D eigenvalue weighted by Crippen LogP contribution is 2.45. The normalized spacial score (nSPS) is 10.7. The van der Waals surface area contributed by atoms with Gasteiger partial charge in [-0.2, -0.15) is 0 Å². The molecule has 0 amide bonds. The Morgan fingerprint density at radius 3 is 1.81 bits per heavy atom. The van der Waals surface area contributed by atoms with Gasteiger partial charge in [0.25, 0.3) is 0 Å². The van der Waals surface area contributed by atoms with Crippen LogP contribution in [0.2, 0.25) is 0 Å². The van der Waals surface area contributed by atoms with Gasteiger partial charge in [0, 0.05) is 12.1 Å². The summed E-state index contributed by atoms with van der Waals surface area (Å²) in [5.74, 6) is 1.21. The highest BCUT2D eigenvalue weighted by atomic mass is 16.5. The fourth-order valence-corrected chi connectivity index (χ4v) is 3.78. The van der Waals surface area contributed by atoms with Gasteiger partial charge in [-0.15, -0.1) is 0 Å². The van der Waals surface area contributed by atoms with E-state index in [1.807, 2.05) is 68.1 Å². The van der Waals surface area contributed by atoms with Crippen molar-refractivity contribution in [2.45, 2.75) is 20.8 Å². The Morgan fingerprint density at radius 2 is 1.25 bits per heavy atom. The number of para-hydroxylation sites is 3. The molecule has 0 aliphatic rings. The lowest BCUT2D eigenvalue weighted by Crippen LogP contribution is -2.11. The molecule has 4 aromatic carbocycles. The molecule has 5 heteroatoms. The van der Waals surface area contributed by atoms with Crippen LogP contribution < -0.4 is 9.64 Å². The van der Waals surface area contributed by atoms with Crippen molar-refractivity contribution in [3.63, 3.8) is 0 Å². The standard InChI is InChI=1S/C27H25NO4/c1-17-11-20(15-22(29)13-17)28(21-12-18(2)14-23(30)16-21)24-8-4-5-10-26(24)32-27-19(3)7-6-9-25(27)31/h4-16,29-31H,1-3H3. The Bertz CT molecular complexity index is 1170. The molecule has 3 N–H and O–H groups in total. The number of hydrogen-bond acceptors (Lipinski definition) is 5. The van der Waals surface area contributed by atoms with Crippen LogP contribution in [0, 0.1) is 20.8 Å². The summed E-state index contributed by atoms with van der Waals surface area (Å²) in [5.41, 5.74) is 4.67. The molecule has 32 heavy (non-hydrogen) atoms. The fraction of sp³-hybridized carbons (Fsp3) is 0.111. The Balaban J connectivity index is 1.93. The van der Waals surface area contributed by atoms with Gasteiger partial charge in [-0.25, -0.2) is 0 Å². The van der Waals surface area contributed by atoms with Crippen molar-refractivity contribution in [1.29, 1.82) is 0 Å². The molecular formula is C27H25NO4. The average Bonchev–Trinajstić information content (AvgIpc) is 2.71. The maximum atomic E-state index is 10.4. The summed E-state index contributed by atoms with van der Waals surface area (Å²) in [7, 11) is 0. The number of hydrogen-bond donors (Lipinski definition) is 3. The Morgan fingerprint density at radius 1 is 0.656 bits per heavy atom. The maximum Gasteiger partial charge on any atom is 0.172 e. The lowest BCUT2D eigenvalue weighted by molar-refractivity contribution is 0.409. The third-order valence-electron chi connectivity index (χ3n) is 5.12. The minimum absolute atomic E-state index is 0.0488. The zero-order valence-electron chi connectivity index (χ0n) is 18.2. The molecule has 0 saturated heterocycles. The summed E-state index contributed by atoms with van der Waals surface area (Å²) in [6, 6.07) is 23.2. The molecule has 162 valence electrons. The first-order valence-electron chi connectivity index (χ1n) is 10.3.